The van der Waals surface area contributed by atoms with Crippen LogP contribution in [0.5, 0.6) is 5.75 Å². The molecule has 3 aromatic rings. The number of aryl methyl sites for hydroxylation is 1. The van der Waals surface area contributed by atoms with Crippen LogP contribution in [0.1, 0.15) is 19.4 Å². The summed E-state index contributed by atoms with van der Waals surface area (Å²) < 4.78 is 9.87. The Bertz CT molecular complexity index is 994. The second-order valence-corrected chi connectivity index (χ2v) is 6.06. The molecule has 0 unspecified atom stereocenters. The number of fused-ring (bicyclic) bond motifs is 1. The molecule has 2 heterocycles. The van der Waals surface area contributed by atoms with Crippen molar-refractivity contribution in [1.29, 1.82) is 0 Å². The van der Waals surface area contributed by atoms with Gasteiger partial charge in [-0.25, -0.2) is 9.78 Å². The summed E-state index contributed by atoms with van der Waals surface area (Å²) in [4.78, 5) is 28.6. The molecule has 0 N–H and O–H groups in total. The molecule has 126 valence electrons. The van der Waals surface area contributed by atoms with Crippen molar-refractivity contribution in [2.45, 2.75) is 26.5 Å². The molecule has 3 rings (SSSR count). The summed E-state index contributed by atoms with van der Waals surface area (Å²) in [5.74, 6) is 0.808. The predicted octanol–water partition coefficient (Wildman–Crippen LogP) is 1.27. The van der Waals surface area contributed by atoms with E-state index in [4.69, 9.17) is 4.74 Å². The number of imidazole rings is 1. The third-order valence-corrected chi connectivity index (χ3v) is 3.87. The van der Waals surface area contributed by atoms with E-state index in [0.29, 0.717) is 17.7 Å². The Morgan fingerprint density at radius 1 is 1.08 bits per heavy atom. The average molecular weight is 328 g/mol. The Kier molecular flexibility index (Phi) is 4.01. The highest BCUT2D eigenvalue weighted by Crippen LogP contribution is 2.16. The number of aromatic nitrogens is 4. The van der Waals surface area contributed by atoms with E-state index in [1.54, 1.807) is 17.9 Å². The van der Waals surface area contributed by atoms with E-state index in [2.05, 4.69) is 4.98 Å². The minimum atomic E-state index is -0.382. The smallest absolute Gasteiger partial charge is 0.332 e. The zero-order valence-corrected chi connectivity index (χ0v) is 14.2. The molecular formula is C17H20N4O3. The maximum absolute atomic E-state index is 12.4. The summed E-state index contributed by atoms with van der Waals surface area (Å²) >= 11 is 0. The lowest BCUT2D eigenvalue weighted by Gasteiger charge is -2.10. The molecule has 7 nitrogen and oxygen atoms in total. The third kappa shape index (κ3) is 2.73. The van der Waals surface area contributed by atoms with Crippen molar-refractivity contribution in [3.8, 4) is 5.75 Å². The van der Waals surface area contributed by atoms with Crippen LogP contribution in [0, 0.1) is 0 Å². The van der Waals surface area contributed by atoms with Gasteiger partial charge in [0.1, 0.15) is 5.75 Å². The summed E-state index contributed by atoms with van der Waals surface area (Å²) in [5.41, 5.74) is 1.10. The molecule has 24 heavy (non-hydrogen) atoms. The fourth-order valence-electron chi connectivity index (χ4n) is 2.66. The summed E-state index contributed by atoms with van der Waals surface area (Å²) in [7, 11) is 3.08. The monoisotopic (exact) mass is 328 g/mol. The van der Waals surface area contributed by atoms with Gasteiger partial charge in [0, 0.05) is 20.6 Å². The van der Waals surface area contributed by atoms with Gasteiger partial charge in [0.25, 0.3) is 5.56 Å². The van der Waals surface area contributed by atoms with Gasteiger partial charge < -0.3 is 9.30 Å². The molecule has 1 aromatic carbocycles. The molecule has 7 heteroatoms. The van der Waals surface area contributed by atoms with Crippen molar-refractivity contribution >= 4 is 11.2 Å². The first kappa shape index (κ1) is 16.0. The summed E-state index contributed by atoms with van der Waals surface area (Å²) in [6.45, 7) is 4.45. The van der Waals surface area contributed by atoms with Crippen LogP contribution in [0.3, 0.4) is 0 Å². The summed E-state index contributed by atoms with van der Waals surface area (Å²) in [5, 5.41) is 0. The lowest BCUT2D eigenvalue weighted by molar-refractivity contribution is 0.242. The standard InChI is InChI=1S/C17H20N4O3/c1-11(2)24-13-7-5-12(6-8-13)9-21-10-18-15-14(21)16(22)20(4)17(23)19(15)3/h5-8,10-11H,9H2,1-4H3. The Labute approximate surface area is 138 Å². The first-order valence-corrected chi connectivity index (χ1v) is 7.75. The first-order chi connectivity index (χ1) is 11.4. The van der Waals surface area contributed by atoms with Crippen LogP contribution in [0.15, 0.2) is 40.2 Å². The highest BCUT2D eigenvalue weighted by atomic mass is 16.5. The molecular weight excluding hydrogens is 308 g/mol. The zero-order valence-electron chi connectivity index (χ0n) is 14.2. The first-order valence-electron chi connectivity index (χ1n) is 7.75. The van der Waals surface area contributed by atoms with Crippen molar-refractivity contribution < 1.29 is 4.74 Å². The van der Waals surface area contributed by atoms with Gasteiger partial charge in [-0.05, 0) is 31.5 Å². The molecule has 2 aromatic heterocycles. The van der Waals surface area contributed by atoms with Crippen LogP contribution in [0.25, 0.3) is 11.2 Å². The van der Waals surface area contributed by atoms with Gasteiger partial charge in [-0.1, -0.05) is 12.1 Å². The van der Waals surface area contributed by atoms with Crippen LogP contribution in [0.4, 0.5) is 0 Å². The number of hydrogen-bond donors (Lipinski definition) is 0. The average Bonchev–Trinajstić information content (AvgIpc) is 2.96. The van der Waals surface area contributed by atoms with Crippen LogP contribution in [0.2, 0.25) is 0 Å². The second-order valence-electron chi connectivity index (χ2n) is 6.06. The highest BCUT2D eigenvalue weighted by molar-refractivity contribution is 5.70. The molecule has 0 fully saturated rings. The molecule has 0 radical (unpaired) electrons. The molecule has 0 spiro atoms. The Morgan fingerprint density at radius 3 is 2.38 bits per heavy atom. The van der Waals surface area contributed by atoms with Gasteiger partial charge in [-0.2, -0.15) is 0 Å². The minimum Gasteiger partial charge on any atom is -0.491 e. The third-order valence-electron chi connectivity index (χ3n) is 3.87. The molecule has 0 saturated heterocycles. The molecule has 0 bridgehead atoms. The molecule has 0 atom stereocenters. The van der Waals surface area contributed by atoms with Crippen molar-refractivity contribution in [2.24, 2.45) is 14.1 Å². The molecule has 0 aliphatic rings. The fraction of sp³-hybridized carbons (Fsp3) is 0.353. The fourth-order valence-corrected chi connectivity index (χ4v) is 2.66. The zero-order chi connectivity index (χ0) is 17.4. The van der Waals surface area contributed by atoms with Gasteiger partial charge in [-0.3, -0.25) is 13.9 Å². The van der Waals surface area contributed by atoms with Crippen molar-refractivity contribution in [1.82, 2.24) is 18.7 Å². The minimum absolute atomic E-state index is 0.123. The number of ether oxygens (including phenoxy) is 1. The quantitative estimate of drug-likeness (QED) is 0.723. The van der Waals surface area contributed by atoms with E-state index < -0.39 is 0 Å². The van der Waals surface area contributed by atoms with Crippen LogP contribution in [-0.4, -0.2) is 24.8 Å². The summed E-state index contributed by atoms with van der Waals surface area (Å²) in [6, 6.07) is 7.72. The molecule has 0 saturated carbocycles. The lowest BCUT2D eigenvalue weighted by Crippen LogP contribution is -2.37. The lowest BCUT2D eigenvalue weighted by atomic mass is 10.2. The van der Waals surface area contributed by atoms with Crippen molar-refractivity contribution in [2.75, 3.05) is 0 Å². The largest absolute Gasteiger partial charge is 0.491 e. The van der Waals surface area contributed by atoms with E-state index in [1.807, 2.05) is 38.1 Å². The van der Waals surface area contributed by atoms with E-state index in [1.165, 1.54) is 11.6 Å². The number of hydrogen-bond acceptors (Lipinski definition) is 4. The number of benzene rings is 1. The van der Waals surface area contributed by atoms with Crippen LogP contribution < -0.4 is 16.0 Å². The maximum Gasteiger partial charge on any atom is 0.332 e. The van der Waals surface area contributed by atoms with E-state index in [0.717, 1.165) is 15.9 Å². The Hall–Kier alpha value is -2.83. The second kappa shape index (κ2) is 5.99. The Morgan fingerprint density at radius 2 is 1.75 bits per heavy atom. The van der Waals surface area contributed by atoms with Crippen LogP contribution in [-0.2, 0) is 20.6 Å². The van der Waals surface area contributed by atoms with Crippen LogP contribution >= 0.6 is 0 Å². The van der Waals surface area contributed by atoms with Crippen molar-refractivity contribution in [3.05, 3.63) is 57.0 Å². The summed E-state index contributed by atoms with van der Waals surface area (Å²) in [6.07, 6.45) is 1.71. The van der Waals surface area contributed by atoms with Gasteiger partial charge in [-0.15, -0.1) is 0 Å². The van der Waals surface area contributed by atoms with E-state index >= 15 is 0 Å². The van der Waals surface area contributed by atoms with Gasteiger partial charge in [0.2, 0.25) is 0 Å². The van der Waals surface area contributed by atoms with Gasteiger partial charge in [0.05, 0.1) is 12.4 Å². The normalized spacial score (nSPS) is 11.4. The molecule has 0 amide bonds. The number of rotatable bonds is 4. The highest BCUT2D eigenvalue weighted by Gasteiger charge is 2.14. The van der Waals surface area contributed by atoms with Crippen molar-refractivity contribution in [3.63, 3.8) is 0 Å². The topological polar surface area (TPSA) is 71.1 Å². The van der Waals surface area contributed by atoms with Gasteiger partial charge in [0.15, 0.2) is 11.2 Å². The maximum atomic E-state index is 12.4. The van der Waals surface area contributed by atoms with Gasteiger partial charge >= 0.3 is 5.69 Å². The van der Waals surface area contributed by atoms with E-state index in [9.17, 15) is 9.59 Å². The predicted molar refractivity (Wildman–Crippen MR) is 91.5 cm³/mol. The Balaban J connectivity index is 1.99. The van der Waals surface area contributed by atoms with E-state index in [-0.39, 0.29) is 17.4 Å². The molecule has 0 aliphatic carbocycles. The molecule has 0 aliphatic heterocycles. The number of nitrogens with zero attached hydrogens (tertiary/aromatic N) is 4. The SMILES string of the molecule is CC(C)Oc1ccc(Cn2cnc3c2c(=O)n(C)c(=O)n3C)cc1.